The van der Waals surface area contributed by atoms with E-state index in [0.29, 0.717) is 15.9 Å². The molecule has 30 heavy (non-hydrogen) atoms. The average Bonchev–Trinajstić information content (AvgIpc) is 3.37. The molecule has 1 aliphatic rings. The summed E-state index contributed by atoms with van der Waals surface area (Å²) >= 11 is 7.38. The van der Waals surface area contributed by atoms with Gasteiger partial charge in [0.25, 0.3) is 0 Å². The molecule has 6 nitrogen and oxygen atoms in total. The molecule has 1 aromatic heterocycles. The van der Waals surface area contributed by atoms with Crippen LogP contribution in [-0.4, -0.2) is 23.5 Å². The summed E-state index contributed by atoms with van der Waals surface area (Å²) in [4.78, 5) is 18.4. The van der Waals surface area contributed by atoms with Gasteiger partial charge < -0.3 is 9.47 Å². The Bertz CT molecular complexity index is 1140. The van der Waals surface area contributed by atoms with Crippen LogP contribution in [0.15, 0.2) is 65.6 Å². The minimum absolute atomic E-state index is 0.198. The van der Waals surface area contributed by atoms with Gasteiger partial charge in [-0.25, -0.2) is 15.2 Å². The van der Waals surface area contributed by atoms with Gasteiger partial charge in [0.2, 0.25) is 11.8 Å². The van der Waals surface area contributed by atoms with E-state index in [2.05, 4.69) is 10.5 Å². The van der Waals surface area contributed by atoms with Crippen molar-refractivity contribution in [3.63, 3.8) is 0 Å². The average molecular weight is 440 g/mol. The molecule has 0 spiro atoms. The molecule has 0 radical (unpaired) electrons. The van der Waals surface area contributed by atoms with Crippen LogP contribution in [0.5, 0.6) is 0 Å². The van der Waals surface area contributed by atoms with Crippen molar-refractivity contribution in [2.45, 2.75) is 13.8 Å². The Morgan fingerprint density at radius 2 is 1.87 bits per heavy atom. The molecular formula is C22H18ClN3O3S. The number of nitrogens with one attached hydrogen (secondary N) is 1. The van der Waals surface area contributed by atoms with E-state index in [0.717, 1.165) is 21.7 Å². The maximum Gasteiger partial charge on any atom is 0.346 e. The zero-order valence-electron chi connectivity index (χ0n) is 16.3. The number of hydrogen-bond donors (Lipinski definition) is 1. The van der Waals surface area contributed by atoms with Crippen molar-refractivity contribution in [2.75, 3.05) is 6.61 Å². The van der Waals surface area contributed by atoms with E-state index in [1.807, 2.05) is 61.5 Å². The van der Waals surface area contributed by atoms with Crippen LogP contribution in [0.2, 0.25) is 5.02 Å². The molecule has 8 heteroatoms. The smallest absolute Gasteiger partial charge is 0.346 e. The van der Waals surface area contributed by atoms with Gasteiger partial charge in [0, 0.05) is 21.0 Å². The molecule has 1 N–H and O–H groups in total. The highest BCUT2D eigenvalue weighted by atomic mass is 35.5. The highest BCUT2D eigenvalue weighted by Gasteiger charge is 2.29. The molecule has 0 atom stereocenters. The van der Waals surface area contributed by atoms with E-state index < -0.39 is 5.97 Å². The molecule has 152 valence electrons. The summed E-state index contributed by atoms with van der Waals surface area (Å²) < 4.78 is 11.1. The first-order valence-corrected chi connectivity index (χ1v) is 10.5. The predicted molar refractivity (Wildman–Crippen MR) is 118 cm³/mol. The minimum atomic E-state index is -0.527. The molecule has 1 aliphatic heterocycles. The van der Waals surface area contributed by atoms with E-state index in [-0.39, 0.29) is 18.1 Å². The minimum Gasteiger partial charge on any atom is -0.462 e. The molecule has 2 aromatic carbocycles. The third-order valence-corrected chi connectivity index (χ3v) is 5.55. The zero-order chi connectivity index (χ0) is 21.1. The number of benzene rings is 2. The van der Waals surface area contributed by atoms with Gasteiger partial charge in [0.1, 0.15) is 5.01 Å². The highest BCUT2D eigenvalue weighted by Crippen LogP contribution is 2.34. The Morgan fingerprint density at radius 3 is 2.57 bits per heavy atom. The number of nitrogens with zero attached hydrogens (tertiary/aromatic N) is 2. The molecule has 3 aromatic rings. The first-order chi connectivity index (χ1) is 14.6. The van der Waals surface area contributed by atoms with Crippen molar-refractivity contribution < 1.29 is 14.3 Å². The Labute approximate surface area is 182 Å². The number of aryl methyl sites for hydroxylation is 1. The van der Waals surface area contributed by atoms with E-state index in [1.165, 1.54) is 11.3 Å². The lowest BCUT2D eigenvalue weighted by Gasteiger charge is -2.08. The number of esters is 1. The second kappa shape index (κ2) is 8.69. The van der Waals surface area contributed by atoms with Gasteiger partial charge in [0.05, 0.1) is 12.3 Å². The summed E-state index contributed by atoms with van der Waals surface area (Å²) in [5.74, 6) is 0.0447. The number of aromatic nitrogens is 1. The number of carbonyl (C=O) groups is 1. The lowest BCUT2D eigenvalue weighted by atomic mass is 10.1. The second-order valence-electron chi connectivity index (χ2n) is 6.35. The summed E-state index contributed by atoms with van der Waals surface area (Å²) in [5, 5.41) is 5.35. The first-order valence-electron chi connectivity index (χ1n) is 9.29. The van der Waals surface area contributed by atoms with E-state index in [9.17, 15) is 4.79 Å². The Balaban J connectivity index is 1.72. The van der Waals surface area contributed by atoms with Gasteiger partial charge in [-0.1, -0.05) is 41.9 Å². The van der Waals surface area contributed by atoms with Crippen molar-refractivity contribution in [3.05, 3.63) is 81.0 Å². The Kier molecular flexibility index (Phi) is 5.83. The number of hydrogen-bond acceptors (Lipinski definition) is 7. The third kappa shape index (κ3) is 4.08. The maximum absolute atomic E-state index is 12.8. The number of halogens is 1. The van der Waals surface area contributed by atoms with Crippen molar-refractivity contribution in [1.29, 1.82) is 0 Å². The van der Waals surface area contributed by atoms with Crippen molar-refractivity contribution in [2.24, 2.45) is 5.10 Å². The van der Waals surface area contributed by atoms with E-state index in [4.69, 9.17) is 26.1 Å². The van der Waals surface area contributed by atoms with Crippen molar-refractivity contribution >= 4 is 40.4 Å². The number of rotatable bonds is 5. The Morgan fingerprint density at radius 1 is 1.13 bits per heavy atom. The van der Waals surface area contributed by atoms with Crippen LogP contribution in [0.4, 0.5) is 0 Å². The highest BCUT2D eigenvalue weighted by molar-refractivity contribution is 7.13. The van der Waals surface area contributed by atoms with Crippen LogP contribution >= 0.6 is 22.9 Å². The van der Waals surface area contributed by atoms with Gasteiger partial charge >= 0.3 is 5.97 Å². The van der Waals surface area contributed by atoms with E-state index >= 15 is 0 Å². The lowest BCUT2D eigenvalue weighted by molar-refractivity contribution is -0.136. The van der Waals surface area contributed by atoms with Crippen LogP contribution < -0.4 is 5.43 Å². The molecule has 0 saturated heterocycles. The van der Waals surface area contributed by atoms with Gasteiger partial charge in [-0.05, 0) is 38.1 Å². The molecule has 0 unspecified atom stereocenters. The van der Waals surface area contributed by atoms with Crippen molar-refractivity contribution in [3.8, 4) is 11.3 Å². The fraction of sp³-hybridized carbons (Fsp3) is 0.136. The number of carbonyl (C=O) groups excluding carboxylic acids is 1. The van der Waals surface area contributed by atoms with Crippen LogP contribution in [0.3, 0.4) is 0 Å². The maximum atomic E-state index is 12.8. The van der Waals surface area contributed by atoms with Crippen LogP contribution in [0.1, 0.15) is 22.4 Å². The fourth-order valence-electron chi connectivity index (χ4n) is 2.91. The summed E-state index contributed by atoms with van der Waals surface area (Å²) in [6.45, 7) is 3.94. The molecular weight excluding hydrogens is 422 g/mol. The summed E-state index contributed by atoms with van der Waals surface area (Å²) in [6.07, 6.45) is 0. The van der Waals surface area contributed by atoms with Crippen LogP contribution in [0, 0.1) is 6.92 Å². The van der Waals surface area contributed by atoms with Gasteiger partial charge in [0.15, 0.2) is 5.57 Å². The fourth-order valence-corrected chi connectivity index (χ4v) is 4.01. The largest absolute Gasteiger partial charge is 0.462 e. The predicted octanol–water partition coefficient (Wildman–Crippen LogP) is 4.99. The molecule has 0 aliphatic carbocycles. The van der Waals surface area contributed by atoms with Crippen molar-refractivity contribution in [1.82, 2.24) is 10.4 Å². The monoisotopic (exact) mass is 439 g/mol. The number of hydrazone groups is 1. The van der Waals surface area contributed by atoms with Gasteiger partial charge in [-0.15, -0.1) is 16.4 Å². The quantitative estimate of drug-likeness (QED) is 0.448. The standard InChI is InChI=1S/C22H18ClN3O3S/c1-3-28-22(27)17(20-26-25-19(29-20)15-7-5-4-6-8-15)21-24-18(13(2)30-21)14-9-11-16(23)12-10-14/h4-12,26H,3H2,1-2H3. The zero-order valence-corrected chi connectivity index (χ0v) is 17.9. The van der Waals surface area contributed by atoms with Gasteiger partial charge in [-0.2, -0.15) is 0 Å². The van der Waals surface area contributed by atoms with E-state index in [1.54, 1.807) is 6.92 Å². The molecule has 4 rings (SSSR count). The number of ether oxygens (including phenoxy) is 2. The summed E-state index contributed by atoms with van der Waals surface area (Å²) in [5.41, 5.74) is 5.50. The third-order valence-electron chi connectivity index (χ3n) is 4.31. The van der Waals surface area contributed by atoms with Crippen LogP contribution in [-0.2, 0) is 14.3 Å². The van der Waals surface area contributed by atoms with Gasteiger partial charge in [-0.3, -0.25) is 0 Å². The number of thiazole rings is 1. The molecule has 0 bridgehead atoms. The molecule has 0 saturated carbocycles. The second-order valence-corrected chi connectivity index (χ2v) is 7.99. The SMILES string of the molecule is CCOC(=O)C(=C1NN=C(c2ccccc2)O1)c1nc(-c2ccc(Cl)cc2)c(C)s1. The molecule has 2 heterocycles. The summed E-state index contributed by atoms with van der Waals surface area (Å²) in [6, 6.07) is 16.8. The Hall–Kier alpha value is -3.16. The topological polar surface area (TPSA) is 72.8 Å². The van der Waals surface area contributed by atoms with Crippen LogP contribution in [0.25, 0.3) is 16.8 Å². The lowest BCUT2D eigenvalue weighted by Crippen LogP contribution is -2.14. The normalized spacial score (nSPS) is 14.6. The first kappa shape index (κ1) is 20.1. The molecule has 0 fully saturated rings. The summed E-state index contributed by atoms with van der Waals surface area (Å²) in [7, 11) is 0. The molecule has 0 amide bonds.